The highest BCUT2D eigenvalue weighted by Crippen LogP contribution is 2.20. The van der Waals surface area contributed by atoms with E-state index < -0.39 is 0 Å². The second kappa shape index (κ2) is 7.45. The van der Waals surface area contributed by atoms with E-state index in [9.17, 15) is 4.79 Å². The quantitative estimate of drug-likeness (QED) is 0.904. The molecule has 118 valence electrons. The summed E-state index contributed by atoms with van der Waals surface area (Å²) in [6, 6.07) is 9.38. The first-order valence-electron chi connectivity index (χ1n) is 6.95. The fourth-order valence-corrected chi connectivity index (χ4v) is 2.57. The maximum absolute atomic E-state index is 12.4. The molecule has 6 heteroatoms. The number of methoxy groups -OCH3 is 1. The van der Waals surface area contributed by atoms with E-state index in [1.54, 1.807) is 19.6 Å². The fourth-order valence-electron chi connectivity index (χ4n) is 2.57. The summed E-state index contributed by atoms with van der Waals surface area (Å²) in [6.45, 7) is 1.49. The Hall–Kier alpha value is -1.82. The SMILES string of the molecule is CO[C@H]1CNCC1NC(=O)c1cccc(-c2ccoc2)c1.Cl. The molecule has 22 heavy (non-hydrogen) atoms. The largest absolute Gasteiger partial charge is 0.472 e. The summed E-state index contributed by atoms with van der Waals surface area (Å²) in [5.74, 6) is -0.0869. The zero-order valence-electron chi connectivity index (χ0n) is 12.2. The van der Waals surface area contributed by atoms with Gasteiger partial charge in [0.25, 0.3) is 5.91 Å². The lowest BCUT2D eigenvalue weighted by Gasteiger charge is -2.18. The lowest BCUT2D eigenvalue weighted by atomic mass is 10.1. The van der Waals surface area contributed by atoms with Crippen molar-refractivity contribution in [3.8, 4) is 11.1 Å². The standard InChI is InChI=1S/C16H18N2O3.ClH/c1-20-15-9-17-8-14(15)18-16(19)12-4-2-3-11(7-12)13-5-6-21-10-13;/h2-7,10,14-15,17H,8-9H2,1H3,(H,18,19);1H/t14?,15-;/m0./s1. The van der Waals surface area contributed by atoms with Crippen LogP contribution in [0.4, 0.5) is 0 Å². The van der Waals surface area contributed by atoms with Crippen molar-refractivity contribution in [2.75, 3.05) is 20.2 Å². The molecule has 0 radical (unpaired) electrons. The highest BCUT2D eigenvalue weighted by atomic mass is 35.5. The highest BCUT2D eigenvalue weighted by Gasteiger charge is 2.28. The van der Waals surface area contributed by atoms with E-state index in [4.69, 9.17) is 9.15 Å². The minimum Gasteiger partial charge on any atom is -0.472 e. The van der Waals surface area contributed by atoms with E-state index in [2.05, 4.69) is 10.6 Å². The molecule has 1 aliphatic rings. The molecule has 1 aromatic carbocycles. The minimum absolute atomic E-state index is 0. The Morgan fingerprint density at radius 3 is 2.91 bits per heavy atom. The smallest absolute Gasteiger partial charge is 0.251 e. The van der Waals surface area contributed by atoms with Crippen LogP contribution in [0.25, 0.3) is 11.1 Å². The molecule has 2 heterocycles. The molecule has 5 nitrogen and oxygen atoms in total. The van der Waals surface area contributed by atoms with Crippen molar-refractivity contribution < 1.29 is 13.9 Å². The van der Waals surface area contributed by atoms with Crippen LogP contribution in [0.2, 0.25) is 0 Å². The lowest BCUT2D eigenvalue weighted by molar-refractivity contribution is 0.0780. The Balaban J connectivity index is 0.00000176. The van der Waals surface area contributed by atoms with Crippen LogP contribution in [0.3, 0.4) is 0 Å². The van der Waals surface area contributed by atoms with Crippen LogP contribution >= 0.6 is 12.4 Å². The van der Waals surface area contributed by atoms with E-state index in [1.165, 1.54) is 0 Å². The third-order valence-corrected chi connectivity index (χ3v) is 3.76. The van der Waals surface area contributed by atoms with Crippen molar-refractivity contribution in [3.05, 3.63) is 48.4 Å². The van der Waals surface area contributed by atoms with Gasteiger partial charge in [-0.3, -0.25) is 4.79 Å². The molecule has 2 aromatic rings. The fraction of sp³-hybridized carbons (Fsp3) is 0.312. The number of furan rings is 1. The molecule has 2 atom stereocenters. The molecular weight excluding hydrogens is 304 g/mol. The van der Waals surface area contributed by atoms with Gasteiger partial charge in [-0.05, 0) is 23.8 Å². The van der Waals surface area contributed by atoms with E-state index in [0.717, 1.165) is 24.2 Å². The number of ether oxygens (including phenoxy) is 1. The summed E-state index contributed by atoms with van der Waals surface area (Å²) >= 11 is 0. The van der Waals surface area contributed by atoms with E-state index >= 15 is 0 Å². The zero-order valence-corrected chi connectivity index (χ0v) is 13.1. The summed E-state index contributed by atoms with van der Waals surface area (Å²) in [6.07, 6.45) is 3.31. The number of carbonyl (C=O) groups is 1. The van der Waals surface area contributed by atoms with E-state index in [0.29, 0.717) is 5.56 Å². The molecule has 1 aromatic heterocycles. The zero-order chi connectivity index (χ0) is 14.7. The number of hydrogen-bond donors (Lipinski definition) is 2. The molecule has 1 amide bonds. The number of hydrogen-bond acceptors (Lipinski definition) is 4. The topological polar surface area (TPSA) is 63.5 Å². The molecule has 0 bridgehead atoms. The first-order valence-corrected chi connectivity index (χ1v) is 6.95. The Morgan fingerprint density at radius 1 is 1.32 bits per heavy atom. The van der Waals surface area contributed by atoms with Crippen molar-refractivity contribution in [2.24, 2.45) is 0 Å². The molecule has 1 aliphatic heterocycles. The predicted molar refractivity (Wildman–Crippen MR) is 86.3 cm³/mol. The summed E-state index contributed by atoms with van der Waals surface area (Å²) in [5, 5.41) is 6.23. The number of carbonyl (C=O) groups excluding carboxylic acids is 1. The predicted octanol–water partition coefficient (Wildman–Crippen LogP) is 2.09. The molecular formula is C16H19ClN2O3. The van der Waals surface area contributed by atoms with Gasteiger partial charge in [0.05, 0.1) is 24.7 Å². The van der Waals surface area contributed by atoms with Crippen LogP contribution in [0.5, 0.6) is 0 Å². The van der Waals surface area contributed by atoms with Gasteiger partial charge in [0.15, 0.2) is 0 Å². The molecule has 2 N–H and O–H groups in total. The van der Waals surface area contributed by atoms with Gasteiger partial charge in [0.2, 0.25) is 0 Å². The normalized spacial score (nSPS) is 20.4. The maximum Gasteiger partial charge on any atom is 0.251 e. The molecule has 1 fully saturated rings. The van der Waals surface area contributed by atoms with Gasteiger partial charge in [-0.1, -0.05) is 12.1 Å². The number of halogens is 1. The lowest BCUT2D eigenvalue weighted by Crippen LogP contribution is -2.43. The Bertz CT molecular complexity index is 616. The maximum atomic E-state index is 12.4. The summed E-state index contributed by atoms with van der Waals surface area (Å²) in [5.41, 5.74) is 2.56. The van der Waals surface area contributed by atoms with Crippen molar-refractivity contribution in [2.45, 2.75) is 12.1 Å². The van der Waals surface area contributed by atoms with Crippen molar-refractivity contribution >= 4 is 18.3 Å². The van der Waals surface area contributed by atoms with Crippen LogP contribution in [0.1, 0.15) is 10.4 Å². The number of benzene rings is 1. The van der Waals surface area contributed by atoms with Crippen LogP contribution in [0, 0.1) is 0 Å². The molecule has 1 saturated heterocycles. The van der Waals surface area contributed by atoms with E-state index in [1.807, 2.05) is 30.3 Å². The van der Waals surface area contributed by atoms with Crippen LogP contribution in [0.15, 0.2) is 47.3 Å². The van der Waals surface area contributed by atoms with Crippen molar-refractivity contribution in [1.29, 1.82) is 0 Å². The first-order chi connectivity index (χ1) is 10.3. The molecule has 0 aliphatic carbocycles. The van der Waals surface area contributed by atoms with Gasteiger partial charge in [-0.15, -0.1) is 12.4 Å². The first kappa shape index (κ1) is 16.5. The summed E-state index contributed by atoms with van der Waals surface area (Å²) < 4.78 is 10.4. The highest BCUT2D eigenvalue weighted by molar-refractivity contribution is 5.95. The number of amides is 1. The van der Waals surface area contributed by atoms with Gasteiger partial charge in [-0.25, -0.2) is 0 Å². The van der Waals surface area contributed by atoms with Crippen LogP contribution < -0.4 is 10.6 Å². The average Bonchev–Trinajstić information content (AvgIpc) is 3.18. The summed E-state index contributed by atoms with van der Waals surface area (Å²) in [7, 11) is 1.66. The Morgan fingerprint density at radius 2 is 2.18 bits per heavy atom. The number of nitrogens with one attached hydrogen (secondary N) is 2. The number of rotatable bonds is 4. The van der Waals surface area contributed by atoms with Crippen molar-refractivity contribution in [3.63, 3.8) is 0 Å². The molecule has 3 rings (SSSR count). The monoisotopic (exact) mass is 322 g/mol. The van der Waals surface area contributed by atoms with Gasteiger partial charge >= 0.3 is 0 Å². The Labute approximate surface area is 135 Å². The van der Waals surface area contributed by atoms with Crippen molar-refractivity contribution in [1.82, 2.24) is 10.6 Å². The molecule has 0 spiro atoms. The Kier molecular flexibility index (Phi) is 5.60. The van der Waals surface area contributed by atoms with Gasteiger partial charge in [0, 0.05) is 31.3 Å². The van der Waals surface area contributed by atoms with Crippen LogP contribution in [-0.2, 0) is 4.74 Å². The van der Waals surface area contributed by atoms with Crippen LogP contribution in [-0.4, -0.2) is 38.3 Å². The summed E-state index contributed by atoms with van der Waals surface area (Å²) in [4.78, 5) is 12.4. The van der Waals surface area contributed by atoms with Gasteiger partial charge in [-0.2, -0.15) is 0 Å². The van der Waals surface area contributed by atoms with Gasteiger partial charge in [0.1, 0.15) is 0 Å². The molecule has 1 unspecified atom stereocenters. The minimum atomic E-state index is -0.0869. The molecule has 0 saturated carbocycles. The third-order valence-electron chi connectivity index (χ3n) is 3.76. The third kappa shape index (κ3) is 3.50. The second-order valence-corrected chi connectivity index (χ2v) is 5.11. The second-order valence-electron chi connectivity index (χ2n) is 5.11. The average molecular weight is 323 g/mol. The van der Waals surface area contributed by atoms with E-state index in [-0.39, 0.29) is 30.5 Å². The van der Waals surface area contributed by atoms with Gasteiger partial charge < -0.3 is 19.8 Å².